The predicted molar refractivity (Wildman–Crippen MR) is 122 cm³/mol. The van der Waals surface area contributed by atoms with Gasteiger partial charge in [0.15, 0.2) is 0 Å². The number of carbonyl (C=O) groups is 2. The molecule has 2 fully saturated rings. The normalized spacial score (nSPS) is 21.3. The van der Waals surface area contributed by atoms with Gasteiger partial charge in [-0.25, -0.2) is 9.37 Å². The summed E-state index contributed by atoms with van der Waals surface area (Å²) >= 11 is 0. The zero-order valence-corrected chi connectivity index (χ0v) is 18.6. The summed E-state index contributed by atoms with van der Waals surface area (Å²) in [5.74, 6) is 3.95. The van der Waals surface area contributed by atoms with Crippen LogP contribution in [0.15, 0.2) is 54.4 Å². The molecule has 1 aliphatic heterocycles. The summed E-state index contributed by atoms with van der Waals surface area (Å²) in [5, 5.41) is 2.86. The first-order valence-electron chi connectivity index (χ1n) is 11.2. The van der Waals surface area contributed by atoms with Crippen molar-refractivity contribution < 1.29 is 18.4 Å². The molecule has 180 valence electrons. The maximum absolute atomic E-state index is 14.7. The molecule has 0 radical (unpaired) electrons. The number of hydrogen-bond donors (Lipinski definition) is 4. The molecule has 8 nitrogen and oxygen atoms in total. The van der Waals surface area contributed by atoms with Crippen LogP contribution in [0.5, 0.6) is 0 Å². The molecule has 2 aliphatic rings. The van der Waals surface area contributed by atoms with E-state index in [0.717, 1.165) is 19.0 Å². The third kappa shape index (κ3) is 5.17. The van der Waals surface area contributed by atoms with Crippen molar-refractivity contribution in [1.29, 1.82) is 0 Å². The molecule has 0 bridgehead atoms. The lowest BCUT2D eigenvalue weighted by molar-refractivity contribution is -0.138. The van der Waals surface area contributed by atoms with E-state index in [4.69, 9.17) is 11.6 Å². The monoisotopic (exact) mass is 470 g/mol. The predicted octanol–water partition coefficient (Wildman–Crippen LogP) is 1.90. The zero-order chi connectivity index (χ0) is 24.2. The number of amides is 2. The van der Waals surface area contributed by atoms with Gasteiger partial charge in [0.1, 0.15) is 12.2 Å². The Hall–Kier alpha value is -3.53. The quantitative estimate of drug-likeness (QED) is 0.265. The molecule has 1 saturated heterocycles. The fourth-order valence-corrected chi connectivity index (χ4v) is 4.26. The van der Waals surface area contributed by atoms with Crippen molar-refractivity contribution in [2.75, 3.05) is 6.54 Å². The van der Waals surface area contributed by atoms with Gasteiger partial charge in [-0.05, 0) is 30.4 Å². The fourth-order valence-electron chi connectivity index (χ4n) is 4.26. The maximum Gasteiger partial charge on any atom is 0.243 e. The number of benzene rings is 1. The molecule has 4 rings (SSSR count). The number of rotatable bonds is 8. The molecule has 6 N–H and O–H groups in total. The highest BCUT2D eigenvalue weighted by Crippen LogP contribution is 2.41. The second kappa shape index (κ2) is 10.2. The molecule has 2 aromatic rings. The van der Waals surface area contributed by atoms with E-state index in [1.165, 1.54) is 4.90 Å². The third-order valence-electron chi connectivity index (χ3n) is 6.23. The summed E-state index contributed by atoms with van der Waals surface area (Å²) in [6.07, 6.45) is 1.34. The number of aromatic nitrogens is 1. The minimum atomic E-state index is -1.35. The Labute approximate surface area is 196 Å². The van der Waals surface area contributed by atoms with Crippen LogP contribution >= 0.6 is 0 Å². The summed E-state index contributed by atoms with van der Waals surface area (Å²) in [7, 11) is 0. The van der Waals surface area contributed by atoms with E-state index in [0.29, 0.717) is 16.8 Å². The Morgan fingerprint density at radius 3 is 2.56 bits per heavy atom. The minimum absolute atomic E-state index is 0.140. The highest BCUT2D eigenvalue weighted by atomic mass is 19.1. The van der Waals surface area contributed by atoms with Crippen molar-refractivity contribution in [3.05, 3.63) is 77.1 Å². The van der Waals surface area contributed by atoms with E-state index in [2.05, 4.69) is 15.7 Å². The third-order valence-corrected chi connectivity index (χ3v) is 6.23. The Kier molecular flexibility index (Phi) is 7.06. The van der Waals surface area contributed by atoms with Gasteiger partial charge in [0.05, 0.1) is 30.4 Å². The van der Waals surface area contributed by atoms with Crippen LogP contribution in [0.4, 0.5) is 8.78 Å². The molecular weight excluding hydrogens is 442 g/mol. The van der Waals surface area contributed by atoms with E-state index in [9.17, 15) is 18.4 Å². The number of hydrogen-bond acceptors (Lipinski definition) is 6. The number of carbonyl (C=O) groups excluding carboxylic acids is 2. The van der Waals surface area contributed by atoms with Gasteiger partial charge in [-0.2, -0.15) is 4.39 Å². The van der Waals surface area contributed by atoms with Gasteiger partial charge in [0, 0.05) is 18.2 Å². The number of nitrogens with zero attached hydrogens (tertiary/aromatic N) is 2. The first kappa shape index (κ1) is 23.6. The molecule has 1 aromatic heterocycles. The number of nitrogens with one attached hydrogen (secondary N) is 2. The highest BCUT2D eigenvalue weighted by Gasteiger charge is 2.40. The number of likely N-dealkylation sites (tertiary alicyclic amines) is 1. The lowest BCUT2D eigenvalue weighted by atomic mass is 10.0. The molecule has 0 spiro atoms. The number of nitrogens with two attached hydrogens (primary N) is 2. The first-order chi connectivity index (χ1) is 16.4. The van der Waals surface area contributed by atoms with Crippen LogP contribution < -0.4 is 22.3 Å². The molecule has 0 unspecified atom stereocenters. The van der Waals surface area contributed by atoms with Crippen LogP contribution in [0.3, 0.4) is 0 Å². The summed E-state index contributed by atoms with van der Waals surface area (Å²) in [6, 6.07) is 10.6. The van der Waals surface area contributed by atoms with Crippen LogP contribution in [0.1, 0.15) is 54.5 Å². The van der Waals surface area contributed by atoms with Crippen LogP contribution in [-0.4, -0.2) is 40.5 Å². The molecule has 2 amide bonds. The van der Waals surface area contributed by atoms with Gasteiger partial charge in [-0.15, -0.1) is 0 Å². The second-order valence-electron chi connectivity index (χ2n) is 8.65. The van der Waals surface area contributed by atoms with Crippen LogP contribution in [0.25, 0.3) is 0 Å². The number of hydrazine groups is 1. The summed E-state index contributed by atoms with van der Waals surface area (Å²) in [5.41, 5.74) is 9.58. The summed E-state index contributed by atoms with van der Waals surface area (Å²) in [4.78, 5) is 31.4. The van der Waals surface area contributed by atoms with Crippen LogP contribution in [0.2, 0.25) is 0 Å². The Morgan fingerprint density at radius 1 is 1.21 bits per heavy atom. The largest absolute Gasteiger partial charge is 0.403 e. The van der Waals surface area contributed by atoms with Crippen molar-refractivity contribution in [2.45, 2.75) is 49.9 Å². The lowest BCUT2D eigenvalue weighted by Crippen LogP contribution is -2.47. The van der Waals surface area contributed by atoms with Gasteiger partial charge in [-0.3, -0.25) is 15.4 Å². The molecule has 1 aliphatic carbocycles. The molecule has 34 heavy (non-hydrogen) atoms. The van der Waals surface area contributed by atoms with Gasteiger partial charge >= 0.3 is 0 Å². The Morgan fingerprint density at radius 2 is 1.94 bits per heavy atom. The van der Waals surface area contributed by atoms with Gasteiger partial charge in [0.25, 0.3) is 0 Å². The van der Waals surface area contributed by atoms with Crippen molar-refractivity contribution in [3.63, 3.8) is 0 Å². The molecule has 1 saturated carbocycles. The maximum atomic E-state index is 14.7. The Bertz CT molecular complexity index is 1080. The van der Waals surface area contributed by atoms with E-state index in [1.807, 2.05) is 6.07 Å². The van der Waals surface area contributed by atoms with Gasteiger partial charge in [-0.1, -0.05) is 36.4 Å². The van der Waals surface area contributed by atoms with Gasteiger partial charge < -0.3 is 21.4 Å². The van der Waals surface area contributed by atoms with Crippen molar-refractivity contribution >= 4 is 11.8 Å². The van der Waals surface area contributed by atoms with E-state index < -0.39 is 36.0 Å². The average Bonchev–Trinajstić information content (AvgIpc) is 3.61. The number of halogens is 2. The van der Waals surface area contributed by atoms with Crippen molar-refractivity contribution in [3.8, 4) is 0 Å². The second-order valence-corrected chi connectivity index (χ2v) is 8.65. The number of alkyl halides is 1. The molecule has 10 heteroatoms. The molecular formula is C24H28F2N6O2. The molecule has 2 heterocycles. The van der Waals surface area contributed by atoms with E-state index in [-0.39, 0.29) is 31.0 Å². The van der Waals surface area contributed by atoms with E-state index in [1.54, 1.807) is 36.4 Å². The van der Waals surface area contributed by atoms with Crippen molar-refractivity contribution in [1.82, 2.24) is 20.6 Å². The molecule has 3 atom stereocenters. The fraction of sp³-hybridized carbons (Fsp3) is 0.375. The average molecular weight is 471 g/mol. The van der Waals surface area contributed by atoms with Crippen LogP contribution in [-0.2, 0) is 9.59 Å². The SMILES string of the molecule is N/C=C(/CC(=O)N1C[C@H](F)C[C@H]1C(=O)N[C@@H](c1ccccc1)c1ccc(C2CC2)c(F)n1)NN. The zero-order valence-electron chi connectivity index (χ0n) is 18.6. The van der Waals surface area contributed by atoms with Gasteiger partial charge in [0.2, 0.25) is 17.8 Å². The van der Waals surface area contributed by atoms with Crippen LogP contribution in [0, 0.1) is 5.95 Å². The molecule has 1 aromatic carbocycles. The standard InChI is InChI=1S/C24H28F2N6O2/c25-16-10-20(32(13-16)21(33)11-17(12-27)31-28)24(34)30-22(15-4-2-1-3-5-15)19-9-8-18(14-6-7-14)23(26)29-19/h1-5,8-9,12,14,16,20,22,31H,6-7,10-11,13,27-28H2,(H,30,34)/b17-12-/t16-,20+,22+/m1/s1. The lowest BCUT2D eigenvalue weighted by Gasteiger charge is -2.27. The highest BCUT2D eigenvalue weighted by molar-refractivity contribution is 5.89. The summed E-state index contributed by atoms with van der Waals surface area (Å²) < 4.78 is 29.0. The number of pyridine rings is 1. The first-order valence-corrected chi connectivity index (χ1v) is 11.2. The van der Waals surface area contributed by atoms with E-state index >= 15 is 0 Å². The Balaban J connectivity index is 1.57. The van der Waals surface area contributed by atoms with Crippen molar-refractivity contribution in [2.24, 2.45) is 11.6 Å². The topological polar surface area (TPSA) is 126 Å². The minimum Gasteiger partial charge on any atom is -0.403 e. The summed E-state index contributed by atoms with van der Waals surface area (Å²) in [6.45, 7) is -0.210. The smallest absolute Gasteiger partial charge is 0.243 e.